The number of ether oxygens (including phenoxy) is 1. The summed E-state index contributed by atoms with van der Waals surface area (Å²) in [6.45, 7) is 4.08. The fraction of sp³-hybridized carbons (Fsp3) is 0.368. The van der Waals surface area contributed by atoms with Crippen molar-refractivity contribution in [3.05, 3.63) is 42.2 Å². The smallest absolute Gasteiger partial charge is 0.327 e. The highest BCUT2D eigenvalue weighted by Crippen LogP contribution is 2.22. The molecule has 1 N–H and O–H groups in total. The van der Waals surface area contributed by atoms with E-state index in [2.05, 4.69) is 37.4 Å². The molecule has 0 saturated carbocycles. The van der Waals surface area contributed by atoms with Gasteiger partial charge in [-0.05, 0) is 50.6 Å². The first-order valence-electron chi connectivity index (χ1n) is 9.01. The molecule has 140 valence electrons. The van der Waals surface area contributed by atoms with Crippen LogP contribution in [0.3, 0.4) is 0 Å². The van der Waals surface area contributed by atoms with Gasteiger partial charge in [0.2, 0.25) is 5.82 Å². The van der Waals surface area contributed by atoms with Crippen LogP contribution in [0.25, 0.3) is 11.5 Å². The summed E-state index contributed by atoms with van der Waals surface area (Å²) in [5, 5.41) is 7.00. The van der Waals surface area contributed by atoms with Crippen LogP contribution in [-0.4, -0.2) is 51.2 Å². The van der Waals surface area contributed by atoms with E-state index in [4.69, 9.17) is 9.26 Å². The number of aryl methyl sites for hydroxylation is 1. The van der Waals surface area contributed by atoms with Gasteiger partial charge in [-0.2, -0.15) is 4.98 Å². The number of pyridine rings is 2. The van der Waals surface area contributed by atoms with Crippen LogP contribution in [0.2, 0.25) is 0 Å². The molecule has 8 heteroatoms. The number of hydrogen-bond acceptors (Lipinski definition) is 8. The topological polar surface area (TPSA) is 89.2 Å². The Labute approximate surface area is 157 Å². The first-order chi connectivity index (χ1) is 13.2. The van der Waals surface area contributed by atoms with Crippen LogP contribution in [0.5, 0.6) is 5.75 Å². The molecule has 4 heterocycles. The summed E-state index contributed by atoms with van der Waals surface area (Å²) in [4.78, 5) is 15.3. The molecule has 1 saturated heterocycles. The normalized spacial score (nSPS) is 15.6. The zero-order valence-electron chi connectivity index (χ0n) is 15.4. The van der Waals surface area contributed by atoms with Crippen LogP contribution < -0.4 is 10.1 Å². The number of hydrogen-bond donors (Lipinski definition) is 1. The van der Waals surface area contributed by atoms with Crippen molar-refractivity contribution in [1.29, 1.82) is 0 Å². The van der Waals surface area contributed by atoms with Crippen LogP contribution in [0.1, 0.15) is 18.4 Å². The molecule has 3 aromatic heterocycles. The first-order valence-corrected chi connectivity index (χ1v) is 9.01. The second kappa shape index (κ2) is 7.71. The lowest BCUT2D eigenvalue weighted by Gasteiger charge is -2.29. The Hall–Kier alpha value is -3.00. The number of aromatic nitrogens is 4. The molecule has 0 aliphatic carbocycles. The summed E-state index contributed by atoms with van der Waals surface area (Å²) in [6, 6.07) is 7.84. The Kier molecular flexibility index (Phi) is 4.97. The molecule has 0 radical (unpaired) electrons. The number of likely N-dealkylation sites (tertiary alicyclic amines) is 1. The van der Waals surface area contributed by atoms with Gasteiger partial charge in [-0.25, -0.2) is 9.97 Å². The van der Waals surface area contributed by atoms with Crippen molar-refractivity contribution in [2.75, 3.05) is 25.5 Å². The molecule has 1 aliphatic heterocycles. The molecule has 1 aliphatic rings. The maximum atomic E-state index is 6.02. The molecular formula is C19H22N6O2. The Bertz CT molecular complexity index is 887. The predicted molar refractivity (Wildman–Crippen MR) is 101 cm³/mol. The second-order valence-electron chi connectivity index (χ2n) is 6.72. The van der Waals surface area contributed by atoms with E-state index in [1.54, 1.807) is 12.4 Å². The van der Waals surface area contributed by atoms with Gasteiger partial charge in [0.05, 0.1) is 6.20 Å². The predicted octanol–water partition coefficient (Wildman–Crippen LogP) is 3.05. The molecule has 0 amide bonds. The zero-order valence-corrected chi connectivity index (χ0v) is 15.4. The average Bonchev–Trinajstić information content (AvgIpc) is 3.15. The van der Waals surface area contributed by atoms with Crippen molar-refractivity contribution in [2.24, 2.45) is 0 Å². The first kappa shape index (κ1) is 17.4. The van der Waals surface area contributed by atoms with Gasteiger partial charge < -0.3 is 14.2 Å². The highest BCUT2D eigenvalue weighted by atomic mass is 16.5. The molecule has 0 aromatic carbocycles. The van der Waals surface area contributed by atoms with Gasteiger partial charge in [-0.1, -0.05) is 11.2 Å². The molecule has 27 heavy (non-hydrogen) atoms. The minimum atomic E-state index is 0.247. The van der Waals surface area contributed by atoms with E-state index in [1.165, 1.54) is 0 Å². The van der Waals surface area contributed by atoms with Crippen molar-refractivity contribution >= 4 is 11.8 Å². The van der Waals surface area contributed by atoms with Crippen molar-refractivity contribution < 1.29 is 9.26 Å². The van der Waals surface area contributed by atoms with Gasteiger partial charge in [-0.3, -0.25) is 5.32 Å². The van der Waals surface area contributed by atoms with Gasteiger partial charge >= 0.3 is 6.01 Å². The van der Waals surface area contributed by atoms with Gasteiger partial charge in [0, 0.05) is 19.3 Å². The molecule has 3 aromatic rings. The summed E-state index contributed by atoms with van der Waals surface area (Å²) >= 11 is 0. The number of piperidine rings is 1. The zero-order chi connectivity index (χ0) is 18.6. The Balaban J connectivity index is 1.40. The van der Waals surface area contributed by atoms with Crippen LogP contribution in [0.4, 0.5) is 11.8 Å². The summed E-state index contributed by atoms with van der Waals surface area (Å²) in [6.07, 6.45) is 5.73. The quantitative estimate of drug-likeness (QED) is 0.737. The molecule has 8 nitrogen and oxygen atoms in total. The molecule has 4 rings (SSSR count). The molecular weight excluding hydrogens is 344 g/mol. The number of rotatable bonds is 5. The van der Waals surface area contributed by atoms with Crippen molar-refractivity contribution in [1.82, 2.24) is 25.0 Å². The van der Waals surface area contributed by atoms with Gasteiger partial charge in [-0.15, -0.1) is 0 Å². The van der Waals surface area contributed by atoms with Gasteiger partial charge in [0.15, 0.2) is 0 Å². The van der Waals surface area contributed by atoms with Crippen molar-refractivity contribution in [2.45, 2.75) is 25.9 Å². The van der Waals surface area contributed by atoms with Crippen LogP contribution in [0, 0.1) is 6.92 Å². The monoisotopic (exact) mass is 366 g/mol. The third-order valence-electron chi connectivity index (χ3n) is 4.59. The van der Waals surface area contributed by atoms with E-state index in [9.17, 15) is 0 Å². The van der Waals surface area contributed by atoms with E-state index < -0.39 is 0 Å². The van der Waals surface area contributed by atoms with Gasteiger partial charge in [0.1, 0.15) is 23.4 Å². The third-order valence-corrected chi connectivity index (χ3v) is 4.59. The molecule has 0 spiro atoms. The summed E-state index contributed by atoms with van der Waals surface area (Å²) in [5.74, 6) is 1.86. The molecule has 0 unspecified atom stereocenters. The van der Waals surface area contributed by atoms with Crippen LogP contribution in [0.15, 0.2) is 41.2 Å². The summed E-state index contributed by atoms with van der Waals surface area (Å²) in [5.41, 5.74) is 1.62. The van der Waals surface area contributed by atoms with Crippen molar-refractivity contribution in [3.63, 3.8) is 0 Å². The maximum absolute atomic E-state index is 6.02. The lowest BCUT2D eigenvalue weighted by molar-refractivity contribution is 0.114. The fourth-order valence-corrected chi connectivity index (χ4v) is 2.97. The minimum absolute atomic E-state index is 0.247. The number of anilines is 2. The minimum Gasteiger partial charge on any atom is -0.489 e. The summed E-state index contributed by atoms with van der Waals surface area (Å²) < 4.78 is 11.3. The van der Waals surface area contributed by atoms with Crippen LogP contribution >= 0.6 is 0 Å². The van der Waals surface area contributed by atoms with E-state index in [0.29, 0.717) is 17.3 Å². The van der Waals surface area contributed by atoms with Gasteiger partial charge in [0.25, 0.3) is 0 Å². The van der Waals surface area contributed by atoms with Crippen molar-refractivity contribution in [3.8, 4) is 17.3 Å². The maximum Gasteiger partial charge on any atom is 0.327 e. The highest BCUT2D eigenvalue weighted by Gasteiger charge is 2.18. The average molecular weight is 366 g/mol. The third kappa shape index (κ3) is 4.22. The fourth-order valence-electron chi connectivity index (χ4n) is 2.97. The SMILES string of the molecule is Cc1cccnc1Nc1nc(-c2ccc(OC3CCN(C)CC3)cn2)no1. The standard InChI is InChI=1S/C19H22N6O2/c1-13-4-3-9-20-17(13)22-19-23-18(24-27-19)16-6-5-15(12-21-16)26-14-7-10-25(2)11-8-14/h3-6,9,12,14H,7-8,10-11H2,1-2H3,(H,20,22,23,24). The lowest BCUT2D eigenvalue weighted by atomic mass is 10.1. The Morgan fingerprint density at radius 3 is 2.78 bits per heavy atom. The van der Waals surface area contributed by atoms with E-state index in [1.807, 2.05) is 31.2 Å². The molecule has 0 bridgehead atoms. The number of nitrogens with zero attached hydrogens (tertiary/aromatic N) is 5. The van der Waals surface area contributed by atoms with E-state index in [0.717, 1.165) is 37.2 Å². The lowest BCUT2D eigenvalue weighted by Crippen LogP contribution is -2.35. The molecule has 0 atom stereocenters. The largest absolute Gasteiger partial charge is 0.489 e. The Morgan fingerprint density at radius 2 is 2.04 bits per heavy atom. The highest BCUT2D eigenvalue weighted by molar-refractivity contribution is 5.55. The summed E-state index contributed by atoms with van der Waals surface area (Å²) in [7, 11) is 2.13. The van der Waals surface area contributed by atoms with E-state index >= 15 is 0 Å². The molecule has 1 fully saturated rings. The second-order valence-corrected chi connectivity index (χ2v) is 6.72. The van der Waals surface area contributed by atoms with Crippen LogP contribution in [-0.2, 0) is 0 Å². The number of nitrogens with one attached hydrogen (secondary N) is 1. The van der Waals surface area contributed by atoms with E-state index in [-0.39, 0.29) is 12.1 Å². The Morgan fingerprint density at radius 1 is 1.19 bits per heavy atom.